The summed E-state index contributed by atoms with van der Waals surface area (Å²) in [6.45, 7) is 12.3. The van der Waals surface area contributed by atoms with Gasteiger partial charge in [-0.15, -0.1) is 0 Å². The number of carbonyl (C=O) groups excluding carboxylic acids is 5. The molecule has 16 nitrogen and oxygen atoms in total. The second-order valence-corrected chi connectivity index (χ2v) is 18.1. The summed E-state index contributed by atoms with van der Waals surface area (Å²) in [5.41, 5.74) is -1.87. The van der Waals surface area contributed by atoms with Gasteiger partial charge in [-0.1, -0.05) is 62.4 Å². The molecule has 4 aliphatic rings. The molecule has 0 aromatic heterocycles. The Balaban J connectivity index is 1.51. The van der Waals surface area contributed by atoms with Gasteiger partial charge in [0.25, 0.3) is 0 Å². The number of ether oxygens (including phenoxy) is 6. The predicted molar refractivity (Wildman–Crippen MR) is 216 cm³/mol. The molecule has 11 atom stereocenters. The Morgan fingerprint density at radius 3 is 2.16 bits per heavy atom. The van der Waals surface area contributed by atoms with E-state index in [2.05, 4.69) is 5.32 Å². The van der Waals surface area contributed by atoms with Crippen LogP contribution in [0.15, 0.2) is 71.8 Å². The number of aliphatic hydroxyl groups is 3. The van der Waals surface area contributed by atoms with Gasteiger partial charge < -0.3 is 54.8 Å². The Morgan fingerprint density at radius 2 is 1.61 bits per heavy atom. The van der Waals surface area contributed by atoms with Crippen LogP contribution in [-0.2, 0) is 42.8 Å². The summed E-state index contributed by atoms with van der Waals surface area (Å²) in [7, 11) is 0. The maximum Gasteiger partial charge on any atom is 0.408 e. The third kappa shape index (κ3) is 7.98. The van der Waals surface area contributed by atoms with Crippen LogP contribution in [0.2, 0.25) is 0 Å². The fourth-order valence-electron chi connectivity index (χ4n) is 9.92. The molecule has 1 aliphatic heterocycles. The van der Waals surface area contributed by atoms with Crippen molar-refractivity contribution in [2.45, 2.75) is 128 Å². The van der Waals surface area contributed by atoms with Crippen molar-refractivity contribution in [2.75, 3.05) is 19.8 Å². The number of esters is 3. The van der Waals surface area contributed by atoms with E-state index in [9.17, 15) is 34.5 Å². The molecule has 1 saturated heterocycles. The van der Waals surface area contributed by atoms with Gasteiger partial charge >= 0.3 is 24.0 Å². The van der Waals surface area contributed by atoms with Crippen LogP contribution in [0.3, 0.4) is 0 Å². The van der Waals surface area contributed by atoms with E-state index in [0.717, 1.165) is 0 Å². The summed E-state index contributed by atoms with van der Waals surface area (Å²) < 4.78 is 36.1. The lowest BCUT2D eigenvalue weighted by Gasteiger charge is -2.68. The Kier molecular flexibility index (Phi) is 12.7. The molecule has 1 unspecified atom stereocenters. The van der Waals surface area contributed by atoms with Crippen LogP contribution in [-0.4, -0.2) is 118 Å². The smallest absolute Gasteiger partial charge is 0.408 e. The van der Waals surface area contributed by atoms with Crippen LogP contribution in [0.4, 0.5) is 4.79 Å². The van der Waals surface area contributed by atoms with E-state index < -0.39 is 119 Å². The SMILES string of the molecule is CCO[C@@]12CO[C@@H]1C[C@H](O)[C@@]1(C)C(=O)[C@H](O)C3=C(C)[C@@H](OC(=O)[C@H](OC(=O)CN)[C@@H](NC(=O)OC(C)(C)C)c4ccccc4)C[C@@](O)([C@@H](OC(=O)c4ccccc4)C12)C3(C)C. The first-order chi connectivity index (χ1) is 28.6. The predicted octanol–water partition coefficient (Wildman–Crippen LogP) is 3.24. The van der Waals surface area contributed by atoms with Crippen molar-refractivity contribution in [3.63, 3.8) is 0 Å². The molecule has 3 aliphatic carbocycles. The number of benzene rings is 2. The van der Waals surface area contributed by atoms with Crippen LogP contribution < -0.4 is 11.1 Å². The highest BCUT2D eigenvalue weighted by Gasteiger charge is 2.77. The topological polar surface area (TPSA) is 239 Å². The lowest BCUT2D eigenvalue weighted by atomic mass is 9.44. The monoisotopic (exact) mass is 850 g/mol. The molecule has 0 radical (unpaired) electrons. The summed E-state index contributed by atoms with van der Waals surface area (Å²) in [5, 5.41) is 40.5. The normalized spacial score (nSPS) is 32.6. The molecule has 1 amide bonds. The van der Waals surface area contributed by atoms with E-state index in [4.69, 9.17) is 34.2 Å². The molecular formula is C45H58N2O14. The van der Waals surface area contributed by atoms with Crippen LogP contribution >= 0.6 is 0 Å². The van der Waals surface area contributed by atoms with Crippen molar-refractivity contribution < 1.29 is 67.7 Å². The zero-order valence-corrected chi connectivity index (χ0v) is 35.8. The number of hydrogen-bond acceptors (Lipinski definition) is 15. The van der Waals surface area contributed by atoms with Crippen molar-refractivity contribution in [3.05, 3.63) is 82.9 Å². The number of nitrogens with two attached hydrogens (primary N) is 1. The lowest BCUT2D eigenvalue weighted by molar-refractivity contribution is -0.356. The number of amides is 1. The number of rotatable bonds is 11. The average Bonchev–Trinajstić information content (AvgIpc) is 3.20. The van der Waals surface area contributed by atoms with Crippen LogP contribution in [0.5, 0.6) is 0 Å². The Labute approximate surface area is 355 Å². The van der Waals surface area contributed by atoms with E-state index in [1.807, 2.05) is 0 Å². The summed E-state index contributed by atoms with van der Waals surface area (Å²) in [5.74, 6) is -5.21. The highest BCUT2D eigenvalue weighted by Crippen LogP contribution is 2.64. The highest BCUT2D eigenvalue weighted by molar-refractivity contribution is 5.94. The zero-order chi connectivity index (χ0) is 44.9. The zero-order valence-electron chi connectivity index (χ0n) is 35.8. The first-order valence-electron chi connectivity index (χ1n) is 20.6. The number of Topliss-reactive ketones (excluding diaryl/α,β-unsaturated/α-hetero) is 1. The van der Waals surface area contributed by atoms with Gasteiger partial charge in [0.15, 0.2) is 5.78 Å². The van der Waals surface area contributed by atoms with E-state index in [0.29, 0.717) is 5.56 Å². The van der Waals surface area contributed by atoms with E-state index in [-0.39, 0.29) is 36.3 Å². The van der Waals surface area contributed by atoms with Gasteiger partial charge in [0, 0.05) is 30.8 Å². The maximum absolute atomic E-state index is 15.1. The van der Waals surface area contributed by atoms with Crippen LogP contribution in [0, 0.1) is 16.7 Å². The van der Waals surface area contributed by atoms with Gasteiger partial charge in [0.05, 0.1) is 36.3 Å². The summed E-state index contributed by atoms with van der Waals surface area (Å²) in [6.07, 6.45) is -10.7. The molecule has 1 heterocycles. The molecule has 6 rings (SSSR count). The third-order valence-corrected chi connectivity index (χ3v) is 13.0. The first-order valence-corrected chi connectivity index (χ1v) is 20.6. The molecule has 16 heteroatoms. The Morgan fingerprint density at radius 1 is 0.984 bits per heavy atom. The molecule has 61 heavy (non-hydrogen) atoms. The van der Waals surface area contributed by atoms with Gasteiger partial charge in [-0.25, -0.2) is 14.4 Å². The van der Waals surface area contributed by atoms with Gasteiger partial charge in [-0.3, -0.25) is 9.59 Å². The standard InChI is InChI=1S/C45H58N2O14/c1-9-57-44-23-56-29(44)20-28(48)43(8)35(44)37(60-38(52)26-18-14-11-15-19-26)45(55)21-27(24(2)31(42(45,6)7)33(50)36(43)51)58-39(53)34(59-30(49)22-46)32(25-16-12-10-13-17-25)47-40(54)61-41(3,4)5/h10-19,27-29,32-35,37,48,50,55H,9,20-23,46H2,1-8H3,(H,47,54)/t27-,28-,29+,32-,33+,34+,35?,37-,43+,44-,45+/m0/s1. The average molecular weight is 851 g/mol. The van der Waals surface area contributed by atoms with Gasteiger partial charge in [0.1, 0.15) is 41.2 Å². The quantitative estimate of drug-likeness (QED) is 0.124. The second-order valence-electron chi connectivity index (χ2n) is 18.1. The first kappa shape index (κ1) is 45.8. The minimum atomic E-state index is -2.29. The minimum Gasteiger partial charge on any atom is -0.455 e. The number of hydrogen-bond donors (Lipinski definition) is 5. The van der Waals surface area contributed by atoms with Crippen LogP contribution in [0.1, 0.15) is 90.2 Å². The summed E-state index contributed by atoms with van der Waals surface area (Å²) in [4.78, 5) is 70.1. The Hall–Kier alpha value is -4.71. The molecule has 2 aromatic rings. The summed E-state index contributed by atoms with van der Waals surface area (Å²) >= 11 is 0. The van der Waals surface area contributed by atoms with E-state index in [1.165, 1.54) is 26.0 Å². The fraction of sp³-hybridized carbons (Fsp3) is 0.578. The number of alkyl carbamates (subject to hydrolysis) is 1. The largest absolute Gasteiger partial charge is 0.455 e. The molecule has 2 saturated carbocycles. The van der Waals surface area contributed by atoms with Crippen molar-refractivity contribution >= 4 is 29.8 Å². The molecule has 3 fully saturated rings. The molecule has 6 N–H and O–H groups in total. The maximum atomic E-state index is 15.1. The number of fused-ring (bicyclic) bond motifs is 5. The Bertz CT molecular complexity index is 2030. The van der Waals surface area contributed by atoms with Gasteiger partial charge in [-0.05, 0) is 70.4 Å². The molecular weight excluding hydrogens is 792 g/mol. The fourth-order valence-corrected chi connectivity index (χ4v) is 9.92. The number of aliphatic hydroxyl groups excluding tert-OH is 2. The second kappa shape index (κ2) is 16.9. The van der Waals surface area contributed by atoms with Gasteiger partial charge in [-0.2, -0.15) is 0 Å². The number of nitrogens with one attached hydrogen (secondary N) is 1. The molecule has 2 aromatic carbocycles. The lowest BCUT2D eigenvalue weighted by Crippen LogP contribution is -2.81. The van der Waals surface area contributed by atoms with Crippen molar-refractivity contribution in [3.8, 4) is 0 Å². The van der Waals surface area contributed by atoms with E-state index in [1.54, 1.807) is 90.1 Å². The number of carbonyl (C=O) groups is 5. The summed E-state index contributed by atoms with van der Waals surface area (Å²) in [6, 6.07) is 14.8. The van der Waals surface area contributed by atoms with Crippen molar-refractivity contribution in [2.24, 2.45) is 22.5 Å². The van der Waals surface area contributed by atoms with Crippen LogP contribution in [0.25, 0.3) is 0 Å². The van der Waals surface area contributed by atoms with Gasteiger partial charge in [0.2, 0.25) is 6.10 Å². The number of ketones is 1. The van der Waals surface area contributed by atoms with Crippen molar-refractivity contribution in [1.82, 2.24) is 5.32 Å². The molecule has 0 spiro atoms. The highest BCUT2D eigenvalue weighted by atomic mass is 16.6. The molecule has 332 valence electrons. The third-order valence-electron chi connectivity index (χ3n) is 13.0. The van der Waals surface area contributed by atoms with Crippen molar-refractivity contribution in [1.29, 1.82) is 0 Å². The molecule has 2 bridgehead atoms. The minimum absolute atomic E-state index is 0.0314. The van der Waals surface area contributed by atoms with E-state index >= 15 is 4.79 Å².